The van der Waals surface area contributed by atoms with E-state index in [0.717, 1.165) is 67.2 Å². The molecule has 1 saturated heterocycles. The van der Waals surface area contributed by atoms with E-state index in [1.807, 2.05) is 26.2 Å². The van der Waals surface area contributed by atoms with Crippen LogP contribution in [0.1, 0.15) is 69.3 Å². The van der Waals surface area contributed by atoms with Crippen LogP contribution in [0.3, 0.4) is 0 Å². The lowest BCUT2D eigenvalue weighted by atomic mass is 9.78. The van der Waals surface area contributed by atoms with Crippen LogP contribution in [0.25, 0.3) is 5.57 Å². The lowest BCUT2D eigenvalue weighted by Gasteiger charge is -2.31. The van der Waals surface area contributed by atoms with Gasteiger partial charge in [0.25, 0.3) is 0 Å². The number of nitrogens with one attached hydrogen (secondary N) is 1. The fourth-order valence-electron chi connectivity index (χ4n) is 4.41. The number of anilines is 2. The molecule has 1 aliphatic heterocycles. The van der Waals surface area contributed by atoms with E-state index in [-0.39, 0.29) is 0 Å². The van der Waals surface area contributed by atoms with Crippen LogP contribution >= 0.6 is 0 Å². The highest BCUT2D eigenvalue weighted by atomic mass is 16.5. The number of benzene rings is 1. The van der Waals surface area contributed by atoms with E-state index >= 15 is 0 Å². The van der Waals surface area contributed by atoms with Crippen molar-refractivity contribution in [2.24, 2.45) is 5.92 Å². The second-order valence-electron chi connectivity index (χ2n) is 7.99. The molecule has 1 unspecified atom stereocenters. The summed E-state index contributed by atoms with van der Waals surface area (Å²) < 4.78 is 5.58. The number of aliphatic carboxylic acids is 1. The summed E-state index contributed by atoms with van der Waals surface area (Å²) in [6.45, 7) is 7.87. The van der Waals surface area contributed by atoms with Gasteiger partial charge in [-0.3, -0.25) is 0 Å². The molecule has 0 amide bonds. The minimum atomic E-state index is -0.923. The maximum absolute atomic E-state index is 11.3. The molecule has 2 N–H and O–H groups in total. The van der Waals surface area contributed by atoms with Crippen LogP contribution in [0.4, 0.5) is 11.4 Å². The molecule has 1 aromatic heterocycles. The van der Waals surface area contributed by atoms with Crippen molar-refractivity contribution >= 4 is 22.9 Å². The molecule has 1 aromatic carbocycles. The Bertz CT molecular complexity index is 903. The van der Waals surface area contributed by atoms with Crippen LogP contribution in [0.2, 0.25) is 0 Å². The number of nitrogens with zero attached hydrogens (tertiary/aromatic N) is 2. The average Bonchev–Trinajstić information content (AvgIpc) is 2.80. The summed E-state index contributed by atoms with van der Waals surface area (Å²) in [5, 5.41) is 12.8. The molecule has 2 aromatic rings. The summed E-state index contributed by atoms with van der Waals surface area (Å²) in [5.41, 5.74) is 4.80. The first-order valence-corrected chi connectivity index (χ1v) is 11.3. The molecular weight excluding hydrogens is 390 g/mol. The quantitative estimate of drug-likeness (QED) is 0.512. The smallest absolute Gasteiger partial charge is 0.328 e. The van der Waals surface area contributed by atoms with Gasteiger partial charge in [0.2, 0.25) is 0 Å². The zero-order valence-electron chi connectivity index (χ0n) is 18.7. The molecule has 2 heterocycles. The molecule has 166 valence electrons. The molecular formula is C25H33N3O3. The van der Waals surface area contributed by atoms with Crippen LogP contribution < -0.4 is 5.32 Å². The Morgan fingerprint density at radius 1 is 1.23 bits per heavy atom. The number of aryl methyl sites for hydroxylation is 1. The maximum Gasteiger partial charge on any atom is 0.328 e. The molecule has 0 spiro atoms. The largest absolute Gasteiger partial charge is 0.478 e. The molecule has 1 aliphatic rings. The normalized spacial score (nSPS) is 16.2. The Balaban J connectivity index is 2.02. The van der Waals surface area contributed by atoms with Gasteiger partial charge >= 0.3 is 5.97 Å². The molecule has 1 fully saturated rings. The first kappa shape index (κ1) is 22.9. The summed E-state index contributed by atoms with van der Waals surface area (Å²) in [7, 11) is 0. The molecule has 6 nitrogen and oxygen atoms in total. The van der Waals surface area contributed by atoms with Crippen molar-refractivity contribution in [1.29, 1.82) is 0 Å². The number of allylic oxidation sites excluding steroid dienone is 1. The molecule has 0 radical (unpaired) electrons. The number of rotatable bonds is 9. The summed E-state index contributed by atoms with van der Waals surface area (Å²) in [5.74, 6) is 0.868. The Labute approximate surface area is 184 Å². The number of carboxylic acids is 1. The fraction of sp³-hybridized carbons (Fsp3) is 0.480. The third-order valence-corrected chi connectivity index (χ3v) is 6.08. The Kier molecular flexibility index (Phi) is 8.18. The highest BCUT2D eigenvalue weighted by molar-refractivity contribution is 5.90. The van der Waals surface area contributed by atoms with E-state index in [4.69, 9.17) is 4.74 Å². The van der Waals surface area contributed by atoms with Gasteiger partial charge in [-0.05, 0) is 60.3 Å². The van der Waals surface area contributed by atoms with Crippen molar-refractivity contribution in [2.45, 2.75) is 58.8 Å². The molecule has 3 rings (SSSR count). The van der Waals surface area contributed by atoms with Gasteiger partial charge in [-0.15, -0.1) is 0 Å². The Hall–Kier alpha value is -2.73. The van der Waals surface area contributed by atoms with Gasteiger partial charge < -0.3 is 15.2 Å². The standard InChI is InChI=1S/C25H33N3O3/c1-4-17(14-25(29)30)19-7-8-22(21(5-2)18-9-11-31-12-10-18)23(13-19)28-20-15-26-24(6-3)27-16-20/h7-8,13-16,18,21,28H,4-6,9-12H2,1-3H3,(H,29,30)/b17-14+. The fourth-order valence-corrected chi connectivity index (χ4v) is 4.41. The second-order valence-corrected chi connectivity index (χ2v) is 7.99. The third kappa shape index (κ3) is 5.91. The SMILES string of the molecule is CC/C(=C\C(=O)O)c1ccc(C(CC)C2CCOCC2)c(Nc2cnc(CC)nc2)c1. The first-order chi connectivity index (χ1) is 15.0. The number of carboxylic acid groups (broad SMARTS) is 1. The summed E-state index contributed by atoms with van der Waals surface area (Å²) in [6, 6.07) is 6.29. The maximum atomic E-state index is 11.3. The van der Waals surface area contributed by atoms with Gasteiger partial charge in [0.05, 0.1) is 18.1 Å². The summed E-state index contributed by atoms with van der Waals surface area (Å²) in [4.78, 5) is 20.1. The predicted molar refractivity (Wildman–Crippen MR) is 124 cm³/mol. The molecule has 1 atom stereocenters. The lowest BCUT2D eigenvalue weighted by Crippen LogP contribution is -2.22. The van der Waals surface area contributed by atoms with Crippen molar-refractivity contribution in [3.8, 4) is 0 Å². The van der Waals surface area contributed by atoms with E-state index in [1.165, 1.54) is 11.6 Å². The van der Waals surface area contributed by atoms with E-state index in [9.17, 15) is 9.90 Å². The molecule has 31 heavy (non-hydrogen) atoms. The lowest BCUT2D eigenvalue weighted by molar-refractivity contribution is -0.131. The van der Waals surface area contributed by atoms with Gasteiger partial charge in [-0.25, -0.2) is 14.8 Å². The van der Waals surface area contributed by atoms with Crippen LogP contribution in [-0.2, 0) is 16.0 Å². The topological polar surface area (TPSA) is 84.3 Å². The molecule has 0 bridgehead atoms. The van der Waals surface area contributed by atoms with Crippen LogP contribution in [0, 0.1) is 5.92 Å². The van der Waals surface area contributed by atoms with Gasteiger partial charge in [-0.1, -0.05) is 32.9 Å². The van der Waals surface area contributed by atoms with Crippen molar-refractivity contribution < 1.29 is 14.6 Å². The zero-order chi connectivity index (χ0) is 22.2. The van der Waals surface area contributed by atoms with Gasteiger partial charge in [0, 0.05) is 31.4 Å². The number of aromatic nitrogens is 2. The highest BCUT2D eigenvalue weighted by Crippen LogP contribution is 2.40. The monoisotopic (exact) mass is 423 g/mol. The van der Waals surface area contributed by atoms with E-state index in [1.54, 1.807) is 0 Å². The van der Waals surface area contributed by atoms with Crippen LogP contribution in [-0.4, -0.2) is 34.3 Å². The van der Waals surface area contributed by atoms with Crippen molar-refractivity contribution in [1.82, 2.24) is 9.97 Å². The van der Waals surface area contributed by atoms with Crippen LogP contribution in [0.15, 0.2) is 36.7 Å². The van der Waals surface area contributed by atoms with E-state index in [0.29, 0.717) is 18.3 Å². The van der Waals surface area contributed by atoms with Crippen molar-refractivity contribution in [3.63, 3.8) is 0 Å². The zero-order valence-corrected chi connectivity index (χ0v) is 18.7. The minimum Gasteiger partial charge on any atom is -0.478 e. The Morgan fingerprint density at radius 3 is 2.52 bits per heavy atom. The van der Waals surface area contributed by atoms with Crippen LogP contribution in [0.5, 0.6) is 0 Å². The van der Waals surface area contributed by atoms with E-state index in [2.05, 4.69) is 40.4 Å². The van der Waals surface area contributed by atoms with Gasteiger partial charge in [0.1, 0.15) is 5.82 Å². The highest BCUT2D eigenvalue weighted by Gasteiger charge is 2.26. The van der Waals surface area contributed by atoms with Crippen molar-refractivity contribution in [2.75, 3.05) is 18.5 Å². The third-order valence-electron chi connectivity index (χ3n) is 6.08. The number of carbonyl (C=O) groups is 1. The Morgan fingerprint density at radius 2 is 1.94 bits per heavy atom. The van der Waals surface area contributed by atoms with Gasteiger partial charge in [-0.2, -0.15) is 0 Å². The average molecular weight is 424 g/mol. The second kappa shape index (κ2) is 11.0. The number of hydrogen-bond acceptors (Lipinski definition) is 5. The molecule has 0 saturated carbocycles. The summed E-state index contributed by atoms with van der Waals surface area (Å²) in [6.07, 6.45) is 9.53. The molecule has 0 aliphatic carbocycles. The predicted octanol–water partition coefficient (Wildman–Crippen LogP) is 5.58. The summed E-state index contributed by atoms with van der Waals surface area (Å²) >= 11 is 0. The van der Waals surface area contributed by atoms with Crippen molar-refractivity contribution in [3.05, 3.63) is 53.6 Å². The first-order valence-electron chi connectivity index (χ1n) is 11.3. The van der Waals surface area contributed by atoms with E-state index < -0.39 is 5.97 Å². The van der Waals surface area contributed by atoms with Gasteiger partial charge in [0.15, 0.2) is 0 Å². The molecule has 6 heteroatoms. The minimum absolute atomic E-state index is 0.407. The number of ether oxygens (including phenoxy) is 1. The number of hydrogen-bond donors (Lipinski definition) is 2.